The molecular weight excluding hydrogens is 262 g/mol. The van der Waals surface area contributed by atoms with Gasteiger partial charge in [0.15, 0.2) is 0 Å². The Labute approximate surface area is 119 Å². The summed E-state index contributed by atoms with van der Waals surface area (Å²) in [7, 11) is 1.76. The van der Waals surface area contributed by atoms with Crippen LogP contribution in [0.2, 0.25) is 0 Å². The lowest BCUT2D eigenvalue weighted by Crippen LogP contribution is -2.39. The topological polar surface area (TPSA) is 53.2 Å². The number of hydrogen-bond donors (Lipinski definition) is 3. The molecule has 1 heterocycles. The molecule has 0 spiro atoms. The molecule has 1 unspecified atom stereocenters. The zero-order valence-electron chi connectivity index (χ0n) is 10.9. The Bertz CT molecular complexity index is 511. The van der Waals surface area contributed by atoms with E-state index < -0.39 is 0 Å². The van der Waals surface area contributed by atoms with Crippen molar-refractivity contribution in [3.63, 3.8) is 0 Å². The number of para-hydroxylation sites is 1. The Kier molecular flexibility index (Phi) is 5.60. The fourth-order valence-corrected chi connectivity index (χ4v) is 1.62. The Morgan fingerprint density at radius 2 is 2.00 bits per heavy atom. The summed E-state index contributed by atoms with van der Waals surface area (Å²) >= 11 is 0. The number of likely N-dealkylation sites (N-methyl/N-ethyl adjacent to an activating group) is 1. The van der Waals surface area contributed by atoms with Crippen molar-refractivity contribution < 1.29 is 4.79 Å². The van der Waals surface area contributed by atoms with Gasteiger partial charge < -0.3 is 16.0 Å². The van der Waals surface area contributed by atoms with E-state index in [1.165, 1.54) is 0 Å². The van der Waals surface area contributed by atoms with Crippen LogP contribution < -0.4 is 16.0 Å². The molecule has 1 aromatic rings. The number of hydrogen-bond acceptors (Lipinski definition) is 3. The third kappa shape index (κ3) is 3.84. The molecule has 0 aliphatic carbocycles. The standard InChI is InChI=1S/C14H17N3O.ClH/c1-10(15-2)14(18)17-12-8-7-11-5-3-4-6-13(11)16-9-12;/h3-10,15-16H,1-2H3,(H,17,18);1H. The molecule has 1 amide bonds. The van der Waals surface area contributed by atoms with E-state index >= 15 is 0 Å². The molecule has 5 heteroatoms. The number of allylic oxidation sites excluding steroid dienone is 1. The third-order valence-corrected chi connectivity index (χ3v) is 2.88. The summed E-state index contributed by atoms with van der Waals surface area (Å²) in [5, 5.41) is 8.94. The zero-order chi connectivity index (χ0) is 13.0. The first-order valence-electron chi connectivity index (χ1n) is 5.92. The fourth-order valence-electron chi connectivity index (χ4n) is 1.62. The van der Waals surface area contributed by atoms with Gasteiger partial charge in [0.05, 0.1) is 11.7 Å². The Morgan fingerprint density at radius 1 is 1.26 bits per heavy atom. The minimum absolute atomic E-state index is 0. The lowest BCUT2D eigenvalue weighted by Gasteiger charge is -2.11. The van der Waals surface area contributed by atoms with Gasteiger partial charge in [-0.3, -0.25) is 4.79 Å². The summed E-state index contributed by atoms with van der Waals surface area (Å²) in [5.41, 5.74) is 2.87. The van der Waals surface area contributed by atoms with E-state index in [0.29, 0.717) is 0 Å². The zero-order valence-corrected chi connectivity index (χ0v) is 11.8. The van der Waals surface area contributed by atoms with Crippen molar-refractivity contribution in [2.45, 2.75) is 13.0 Å². The van der Waals surface area contributed by atoms with E-state index in [2.05, 4.69) is 16.0 Å². The number of carbonyl (C=O) groups excluding carboxylic acids is 1. The summed E-state index contributed by atoms with van der Waals surface area (Å²) < 4.78 is 0. The second-order valence-electron chi connectivity index (χ2n) is 4.16. The van der Waals surface area contributed by atoms with Gasteiger partial charge >= 0.3 is 0 Å². The minimum atomic E-state index is -0.218. The van der Waals surface area contributed by atoms with Crippen molar-refractivity contribution in [1.82, 2.24) is 10.6 Å². The number of halogens is 1. The first-order chi connectivity index (χ1) is 8.70. The molecule has 19 heavy (non-hydrogen) atoms. The molecule has 2 rings (SSSR count). The first kappa shape index (κ1) is 15.3. The second kappa shape index (κ2) is 6.97. The Balaban J connectivity index is 0.00000180. The van der Waals surface area contributed by atoms with Crippen LogP contribution in [0.4, 0.5) is 5.69 Å². The molecule has 1 atom stereocenters. The van der Waals surface area contributed by atoms with Gasteiger partial charge in [0, 0.05) is 11.9 Å². The van der Waals surface area contributed by atoms with Crippen molar-refractivity contribution in [3.8, 4) is 0 Å². The van der Waals surface area contributed by atoms with Gasteiger partial charge in [0.1, 0.15) is 0 Å². The monoisotopic (exact) mass is 279 g/mol. The van der Waals surface area contributed by atoms with Crippen LogP contribution in [0.15, 0.2) is 42.2 Å². The lowest BCUT2D eigenvalue weighted by molar-refractivity contribution is -0.121. The summed E-state index contributed by atoms with van der Waals surface area (Å²) in [6.07, 6.45) is 5.66. The van der Waals surface area contributed by atoms with Crippen molar-refractivity contribution >= 4 is 30.1 Å². The maximum Gasteiger partial charge on any atom is 0.241 e. The molecule has 0 saturated carbocycles. The molecule has 0 radical (unpaired) electrons. The quantitative estimate of drug-likeness (QED) is 0.794. The molecule has 0 fully saturated rings. The van der Waals surface area contributed by atoms with Gasteiger partial charge in [-0.15, -0.1) is 12.4 Å². The van der Waals surface area contributed by atoms with E-state index in [9.17, 15) is 4.79 Å². The third-order valence-electron chi connectivity index (χ3n) is 2.88. The van der Waals surface area contributed by atoms with Crippen LogP contribution in [-0.4, -0.2) is 19.0 Å². The van der Waals surface area contributed by atoms with Gasteiger partial charge in [0.25, 0.3) is 0 Å². The maximum atomic E-state index is 11.8. The molecule has 0 aromatic heterocycles. The molecule has 3 N–H and O–H groups in total. The number of anilines is 1. The molecule has 0 saturated heterocycles. The Morgan fingerprint density at radius 3 is 2.74 bits per heavy atom. The summed E-state index contributed by atoms with van der Waals surface area (Å²) in [6.45, 7) is 1.82. The first-order valence-corrected chi connectivity index (χ1v) is 5.92. The average Bonchev–Trinajstić information content (AvgIpc) is 2.61. The van der Waals surface area contributed by atoms with Crippen molar-refractivity contribution in [3.05, 3.63) is 47.8 Å². The highest BCUT2D eigenvalue weighted by Crippen LogP contribution is 2.19. The maximum absolute atomic E-state index is 11.8. The van der Waals surface area contributed by atoms with E-state index in [-0.39, 0.29) is 24.4 Å². The highest BCUT2D eigenvalue weighted by molar-refractivity contribution is 5.85. The van der Waals surface area contributed by atoms with Gasteiger partial charge in [0.2, 0.25) is 5.91 Å². The largest absolute Gasteiger partial charge is 0.359 e. The molecule has 1 aliphatic rings. The van der Waals surface area contributed by atoms with Crippen molar-refractivity contribution in [2.24, 2.45) is 0 Å². The molecular formula is C14H18ClN3O. The van der Waals surface area contributed by atoms with Crippen LogP contribution in [0.3, 0.4) is 0 Å². The number of amides is 1. The molecule has 0 bridgehead atoms. The van der Waals surface area contributed by atoms with Gasteiger partial charge in [-0.1, -0.05) is 24.3 Å². The number of nitrogens with one attached hydrogen (secondary N) is 3. The molecule has 4 nitrogen and oxygen atoms in total. The molecule has 1 aromatic carbocycles. The SMILES string of the molecule is CNC(C)C(=O)NC1=CNc2ccccc2C=C1.Cl. The lowest BCUT2D eigenvalue weighted by atomic mass is 10.1. The van der Waals surface area contributed by atoms with Gasteiger partial charge in [-0.25, -0.2) is 0 Å². The summed E-state index contributed by atoms with van der Waals surface area (Å²) in [4.78, 5) is 11.8. The van der Waals surface area contributed by atoms with Crippen LogP contribution in [0, 0.1) is 0 Å². The van der Waals surface area contributed by atoms with E-state index in [4.69, 9.17) is 0 Å². The molecule has 102 valence electrons. The van der Waals surface area contributed by atoms with Crippen LogP contribution in [0.25, 0.3) is 6.08 Å². The second-order valence-corrected chi connectivity index (χ2v) is 4.16. The van der Waals surface area contributed by atoms with Crippen molar-refractivity contribution in [1.29, 1.82) is 0 Å². The number of benzene rings is 1. The normalized spacial score (nSPS) is 14.1. The summed E-state index contributed by atoms with van der Waals surface area (Å²) in [6, 6.07) is 7.76. The van der Waals surface area contributed by atoms with Crippen LogP contribution >= 0.6 is 12.4 Å². The van der Waals surface area contributed by atoms with E-state index in [1.807, 2.05) is 43.3 Å². The predicted molar refractivity (Wildman–Crippen MR) is 81.1 cm³/mol. The smallest absolute Gasteiger partial charge is 0.241 e. The predicted octanol–water partition coefficient (Wildman–Crippen LogP) is 2.11. The average molecular weight is 280 g/mol. The highest BCUT2D eigenvalue weighted by atomic mass is 35.5. The van der Waals surface area contributed by atoms with Crippen LogP contribution in [0.5, 0.6) is 0 Å². The van der Waals surface area contributed by atoms with Crippen LogP contribution in [-0.2, 0) is 4.79 Å². The van der Waals surface area contributed by atoms with Gasteiger partial charge in [-0.05, 0) is 31.7 Å². The fraction of sp³-hybridized carbons (Fsp3) is 0.214. The number of fused-ring (bicyclic) bond motifs is 1. The summed E-state index contributed by atoms with van der Waals surface area (Å²) in [5.74, 6) is -0.0545. The molecule has 1 aliphatic heterocycles. The van der Waals surface area contributed by atoms with E-state index in [1.54, 1.807) is 13.2 Å². The van der Waals surface area contributed by atoms with Gasteiger partial charge in [-0.2, -0.15) is 0 Å². The van der Waals surface area contributed by atoms with Crippen molar-refractivity contribution in [2.75, 3.05) is 12.4 Å². The highest BCUT2D eigenvalue weighted by Gasteiger charge is 2.11. The minimum Gasteiger partial charge on any atom is -0.359 e. The Hall–Kier alpha value is -1.78. The number of rotatable bonds is 3. The number of carbonyl (C=O) groups is 1. The van der Waals surface area contributed by atoms with E-state index in [0.717, 1.165) is 16.9 Å². The van der Waals surface area contributed by atoms with Crippen LogP contribution in [0.1, 0.15) is 12.5 Å².